The van der Waals surface area contributed by atoms with Crippen LogP contribution in [0.3, 0.4) is 0 Å². The van der Waals surface area contributed by atoms with Gasteiger partial charge in [0.2, 0.25) is 11.8 Å². The van der Waals surface area contributed by atoms with Gasteiger partial charge in [0.15, 0.2) is 0 Å². The van der Waals surface area contributed by atoms with Crippen molar-refractivity contribution >= 4 is 23.6 Å². The van der Waals surface area contributed by atoms with Gasteiger partial charge in [0, 0.05) is 24.2 Å². The lowest BCUT2D eigenvalue weighted by atomic mass is 9.79. The van der Waals surface area contributed by atoms with Gasteiger partial charge in [-0.2, -0.15) is 0 Å². The molecule has 0 bridgehead atoms. The lowest BCUT2D eigenvalue weighted by Crippen LogP contribution is -2.51. The van der Waals surface area contributed by atoms with Gasteiger partial charge in [0.1, 0.15) is 5.41 Å². The number of amides is 4. The highest BCUT2D eigenvalue weighted by Gasteiger charge is 2.52. The van der Waals surface area contributed by atoms with Crippen molar-refractivity contribution in [3.05, 3.63) is 71.8 Å². The molecule has 2 aromatic carbocycles. The third-order valence-corrected chi connectivity index (χ3v) is 5.60. The van der Waals surface area contributed by atoms with Crippen LogP contribution in [-0.4, -0.2) is 46.5 Å². The van der Waals surface area contributed by atoms with Crippen molar-refractivity contribution in [1.82, 2.24) is 9.80 Å². The van der Waals surface area contributed by atoms with E-state index in [1.54, 1.807) is 74.5 Å². The van der Waals surface area contributed by atoms with E-state index in [4.69, 9.17) is 0 Å². The second kappa shape index (κ2) is 8.39. The largest absolute Gasteiger partial charge is 0.276 e. The third kappa shape index (κ3) is 3.58. The molecule has 6 nitrogen and oxygen atoms in total. The van der Waals surface area contributed by atoms with Crippen LogP contribution in [0.15, 0.2) is 60.7 Å². The molecule has 0 atom stereocenters. The summed E-state index contributed by atoms with van der Waals surface area (Å²) in [5.41, 5.74) is -0.694. The third-order valence-electron chi connectivity index (χ3n) is 5.60. The molecule has 150 valence electrons. The van der Waals surface area contributed by atoms with E-state index in [9.17, 15) is 19.2 Å². The molecule has 0 aromatic heterocycles. The van der Waals surface area contributed by atoms with Crippen molar-refractivity contribution in [2.75, 3.05) is 13.1 Å². The predicted molar refractivity (Wildman–Crippen MR) is 108 cm³/mol. The van der Waals surface area contributed by atoms with Crippen LogP contribution in [0.25, 0.3) is 0 Å². The summed E-state index contributed by atoms with van der Waals surface area (Å²) in [6.45, 7) is 3.42. The Morgan fingerprint density at radius 1 is 0.724 bits per heavy atom. The van der Waals surface area contributed by atoms with Crippen LogP contribution < -0.4 is 0 Å². The first kappa shape index (κ1) is 20.5. The topological polar surface area (TPSA) is 74.8 Å². The van der Waals surface area contributed by atoms with E-state index in [0.29, 0.717) is 11.1 Å². The normalized spacial score (nSPS) is 16.5. The highest BCUT2D eigenvalue weighted by Crippen LogP contribution is 2.34. The molecule has 0 unspecified atom stereocenters. The number of benzene rings is 2. The molecular formula is C23H24N2O4. The zero-order valence-electron chi connectivity index (χ0n) is 16.6. The molecule has 3 rings (SSSR count). The van der Waals surface area contributed by atoms with Gasteiger partial charge < -0.3 is 0 Å². The summed E-state index contributed by atoms with van der Waals surface area (Å²) >= 11 is 0. The van der Waals surface area contributed by atoms with E-state index in [1.807, 2.05) is 0 Å². The highest BCUT2D eigenvalue weighted by atomic mass is 16.2. The fraction of sp³-hybridized carbons (Fsp3) is 0.304. The fourth-order valence-corrected chi connectivity index (χ4v) is 3.73. The lowest BCUT2D eigenvalue weighted by molar-refractivity contribution is -0.150. The summed E-state index contributed by atoms with van der Waals surface area (Å²) < 4.78 is 0. The molecule has 0 saturated carbocycles. The zero-order valence-corrected chi connectivity index (χ0v) is 16.6. The van der Waals surface area contributed by atoms with Crippen LogP contribution in [-0.2, 0) is 9.59 Å². The van der Waals surface area contributed by atoms with E-state index >= 15 is 0 Å². The Morgan fingerprint density at radius 3 is 1.38 bits per heavy atom. The Kier molecular flexibility index (Phi) is 5.92. The minimum absolute atomic E-state index is 0.0291. The summed E-state index contributed by atoms with van der Waals surface area (Å²) in [6, 6.07) is 17.0. The van der Waals surface area contributed by atoms with Crippen LogP contribution in [0.4, 0.5) is 0 Å². The van der Waals surface area contributed by atoms with Crippen LogP contribution in [0.1, 0.15) is 47.4 Å². The number of nitrogens with zero attached hydrogens (tertiary/aromatic N) is 2. The molecule has 0 N–H and O–H groups in total. The van der Waals surface area contributed by atoms with Crippen molar-refractivity contribution < 1.29 is 19.2 Å². The van der Waals surface area contributed by atoms with Gasteiger partial charge in [0.05, 0.1) is 0 Å². The smallest absolute Gasteiger partial charge is 0.260 e. The molecule has 1 aliphatic heterocycles. The van der Waals surface area contributed by atoms with Gasteiger partial charge in [-0.3, -0.25) is 29.0 Å². The molecular weight excluding hydrogens is 368 g/mol. The second-order valence-corrected chi connectivity index (χ2v) is 7.05. The second-order valence-electron chi connectivity index (χ2n) is 7.05. The SMILES string of the molecule is CCC1(CC)C(=O)N(C(=O)c2ccccc2)CCN(C(=O)c2ccccc2)C1=O. The Balaban J connectivity index is 2.02. The molecule has 29 heavy (non-hydrogen) atoms. The summed E-state index contributed by atoms with van der Waals surface area (Å²) in [7, 11) is 0. The number of hydrogen-bond donors (Lipinski definition) is 0. The first-order chi connectivity index (χ1) is 14.0. The quantitative estimate of drug-likeness (QED) is 0.592. The molecule has 0 aliphatic carbocycles. The molecule has 2 aromatic rings. The van der Waals surface area contributed by atoms with Crippen LogP contribution in [0, 0.1) is 5.41 Å². The maximum atomic E-state index is 13.4. The van der Waals surface area contributed by atoms with E-state index < -0.39 is 29.0 Å². The molecule has 0 spiro atoms. The van der Waals surface area contributed by atoms with Crippen LogP contribution in [0.2, 0.25) is 0 Å². The van der Waals surface area contributed by atoms with E-state index in [-0.39, 0.29) is 25.9 Å². The molecule has 1 heterocycles. The molecule has 0 radical (unpaired) electrons. The summed E-state index contributed by atoms with van der Waals surface area (Å²) in [5, 5.41) is 0. The molecule has 1 saturated heterocycles. The van der Waals surface area contributed by atoms with Crippen LogP contribution in [0.5, 0.6) is 0 Å². The molecule has 6 heteroatoms. The van der Waals surface area contributed by atoms with Gasteiger partial charge in [0.25, 0.3) is 11.8 Å². The highest BCUT2D eigenvalue weighted by molar-refractivity contribution is 6.18. The number of hydrogen-bond acceptors (Lipinski definition) is 4. The van der Waals surface area contributed by atoms with E-state index in [1.165, 1.54) is 0 Å². The van der Waals surface area contributed by atoms with Crippen molar-refractivity contribution in [2.45, 2.75) is 26.7 Å². The number of carbonyl (C=O) groups is 4. The van der Waals surface area contributed by atoms with Crippen molar-refractivity contribution in [3.63, 3.8) is 0 Å². The Bertz CT molecular complexity index is 847. The predicted octanol–water partition coefficient (Wildman–Crippen LogP) is 3.14. The van der Waals surface area contributed by atoms with Crippen molar-refractivity contribution in [1.29, 1.82) is 0 Å². The van der Waals surface area contributed by atoms with Crippen LogP contribution >= 0.6 is 0 Å². The zero-order chi connectivity index (χ0) is 21.0. The van der Waals surface area contributed by atoms with E-state index in [2.05, 4.69) is 0 Å². The number of carbonyl (C=O) groups excluding carboxylic acids is 4. The van der Waals surface area contributed by atoms with Crippen molar-refractivity contribution in [2.24, 2.45) is 5.41 Å². The maximum Gasteiger partial charge on any atom is 0.260 e. The first-order valence-electron chi connectivity index (χ1n) is 9.79. The van der Waals surface area contributed by atoms with E-state index in [0.717, 1.165) is 9.80 Å². The molecule has 4 amide bonds. The monoisotopic (exact) mass is 392 g/mol. The standard InChI is InChI=1S/C23H24N2O4/c1-3-23(4-2)21(28)24(19(26)17-11-7-5-8-12-17)15-16-25(22(23)29)20(27)18-13-9-6-10-14-18/h5-14H,3-4,15-16H2,1-2H3. The minimum atomic E-state index is -1.44. The van der Waals surface area contributed by atoms with Gasteiger partial charge in [-0.1, -0.05) is 50.2 Å². The maximum absolute atomic E-state index is 13.4. The first-order valence-corrected chi connectivity index (χ1v) is 9.79. The van der Waals surface area contributed by atoms with Gasteiger partial charge in [-0.05, 0) is 37.1 Å². The molecule has 1 aliphatic rings. The van der Waals surface area contributed by atoms with Gasteiger partial charge in [-0.25, -0.2) is 0 Å². The van der Waals surface area contributed by atoms with Gasteiger partial charge >= 0.3 is 0 Å². The Labute approximate surface area is 170 Å². The average Bonchev–Trinajstić information content (AvgIpc) is 2.88. The fourth-order valence-electron chi connectivity index (χ4n) is 3.73. The molecule has 1 fully saturated rings. The average molecular weight is 392 g/mol. The Morgan fingerprint density at radius 2 is 1.07 bits per heavy atom. The number of rotatable bonds is 4. The van der Waals surface area contributed by atoms with Gasteiger partial charge in [-0.15, -0.1) is 0 Å². The minimum Gasteiger partial charge on any atom is -0.276 e. The summed E-state index contributed by atoms with van der Waals surface area (Å²) in [6.07, 6.45) is 0.413. The summed E-state index contributed by atoms with van der Waals surface area (Å²) in [4.78, 5) is 55.1. The number of imide groups is 2. The van der Waals surface area contributed by atoms with Crippen molar-refractivity contribution in [3.8, 4) is 0 Å². The summed E-state index contributed by atoms with van der Waals surface area (Å²) in [5.74, 6) is -1.98. The Hall–Kier alpha value is -3.28. The lowest BCUT2D eigenvalue weighted by Gasteiger charge is -2.32.